The van der Waals surface area contributed by atoms with Gasteiger partial charge in [-0.05, 0) is 30.3 Å². The van der Waals surface area contributed by atoms with Crippen LogP contribution in [0.5, 0.6) is 5.75 Å². The van der Waals surface area contributed by atoms with Crippen molar-refractivity contribution in [1.82, 2.24) is 14.1 Å². The number of methoxy groups -OCH3 is 1. The molecule has 8 heteroatoms. The minimum atomic E-state index is -0.314. The van der Waals surface area contributed by atoms with Crippen molar-refractivity contribution < 1.29 is 9.53 Å². The molecule has 5 rings (SSSR count). The third-order valence-corrected chi connectivity index (χ3v) is 6.27. The molecule has 0 radical (unpaired) electrons. The van der Waals surface area contributed by atoms with E-state index in [1.165, 1.54) is 11.3 Å². The van der Waals surface area contributed by atoms with E-state index in [1.807, 2.05) is 42.5 Å². The van der Waals surface area contributed by atoms with E-state index in [1.54, 1.807) is 36.4 Å². The fourth-order valence-electron chi connectivity index (χ4n) is 3.81. The number of carbonyl (C=O) groups is 1. The number of hydrogen-bond acceptors (Lipinski definition) is 5. The van der Waals surface area contributed by atoms with Gasteiger partial charge >= 0.3 is 0 Å². The van der Waals surface area contributed by atoms with Crippen LogP contribution >= 0.6 is 11.3 Å². The van der Waals surface area contributed by atoms with Crippen molar-refractivity contribution >= 4 is 54.4 Å². The Morgan fingerprint density at radius 3 is 2.67 bits per heavy atom. The average Bonchev–Trinajstić information content (AvgIpc) is 3.31. The number of rotatable bonds is 3. The number of benzene rings is 2. The summed E-state index contributed by atoms with van der Waals surface area (Å²) in [6, 6.07) is 14.9. The molecule has 0 bridgehead atoms. The average molecular weight is 418 g/mol. The van der Waals surface area contributed by atoms with Gasteiger partial charge in [-0.25, -0.2) is 4.98 Å². The molecular formula is C22H18N4O3S. The number of nitrogens with one attached hydrogen (secondary N) is 1. The van der Waals surface area contributed by atoms with Crippen molar-refractivity contribution in [1.29, 1.82) is 0 Å². The largest absolute Gasteiger partial charge is 0.497 e. The molecule has 7 nitrogen and oxygen atoms in total. The van der Waals surface area contributed by atoms with Gasteiger partial charge in [0, 0.05) is 19.5 Å². The summed E-state index contributed by atoms with van der Waals surface area (Å²) in [4.78, 5) is 30.4. The molecule has 0 fully saturated rings. The maximum atomic E-state index is 13.0. The van der Waals surface area contributed by atoms with Crippen LogP contribution in [0.15, 0.2) is 53.3 Å². The molecule has 0 unspecified atom stereocenters. The van der Waals surface area contributed by atoms with E-state index in [0.717, 1.165) is 32.4 Å². The van der Waals surface area contributed by atoms with Crippen LogP contribution in [0.3, 0.4) is 0 Å². The second kappa shape index (κ2) is 6.70. The Kier molecular flexibility index (Phi) is 4.11. The van der Waals surface area contributed by atoms with Crippen molar-refractivity contribution in [2.24, 2.45) is 14.1 Å². The highest BCUT2D eigenvalue weighted by molar-refractivity contribution is 7.22. The summed E-state index contributed by atoms with van der Waals surface area (Å²) in [6.45, 7) is 0. The van der Waals surface area contributed by atoms with Gasteiger partial charge in [-0.1, -0.05) is 29.5 Å². The lowest BCUT2D eigenvalue weighted by Gasteiger charge is -2.08. The topological polar surface area (TPSA) is 78.2 Å². The molecule has 30 heavy (non-hydrogen) atoms. The Hall–Kier alpha value is -3.65. The van der Waals surface area contributed by atoms with Crippen LogP contribution < -0.4 is 15.6 Å². The first-order chi connectivity index (χ1) is 14.5. The first kappa shape index (κ1) is 18.4. The highest BCUT2D eigenvalue weighted by Gasteiger charge is 2.20. The Morgan fingerprint density at radius 2 is 1.87 bits per heavy atom. The molecule has 0 saturated heterocycles. The standard InChI is InChI=1S/C22H18N4O3S/c1-25-17(11-14-19(25)13-6-4-5-7-16(13)26(2)21(14)28)20(27)24-22-23-15-9-8-12(29-3)10-18(15)30-22/h4-11H,1-3H3,(H,23,24,27). The summed E-state index contributed by atoms with van der Waals surface area (Å²) in [5.41, 5.74) is 2.62. The van der Waals surface area contributed by atoms with Gasteiger partial charge in [0.15, 0.2) is 5.13 Å². The highest BCUT2D eigenvalue weighted by Crippen LogP contribution is 2.30. The van der Waals surface area contributed by atoms with Crippen LogP contribution in [0, 0.1) is 0 Å². The zero-order valence-electron chi connectivity index (χ0n) is 16.6. The van der Waals surface area contributed by atoms with Gasteiger partial charge in [-0.2, -0.15) is 0 Å². The lowest BCUT2D eigenvalue weighted by Crippen LogP contribution is -2.17. The third kappa shape index (κ3) is 2.68. The van der Waals surface area contributed by atoms with Crippen LogP contribution in [0.1, 0.15) is 10.5 Å². The molecule has 0 saturated carbocycles. The van der Waals surface area contributed by atoms with E-state index in [9.17, 15) is 9.59 Å². The molecule has 1 N–H and O–H groups in total. The molecule has 1 amide bonds. The molecule has 0 spiro atoms. The predicted octanol–water partition coefficient (Wildman–Crippen LogP) is 3.90. The SMILES string of the molecule is COc1ccc2nc(NC(=O)c3cc4c(=O)n(C)c5ccccc5c4n3C)sc2c1. The first-order valence-corrected chi connectivity index (χ1v) is 10.1. The summed E-state index contributed by atoms with van der Waals surface area (Å²) in [5.74, 6) is 0.422. The van der Waals surface area contributed by atoms with Gasteiger partial charge < -0.3 is 13.9 Å². The molecule has 0 aliphatic carbocycles. The molecule has 3 aromatic heterocycles. The monoisotopic (exact) mass is 418 g/mol. The number of nitrogens with zero attached hydrogens (tertiary/aromatic N) is 3. The summed E-state index contributed by atoms with van der Waals surface area (Å²) in [6.07, 6.45) is 0. The van der Waals surface area contributed by atoms with E-state index in [2.05, 4.69) is 10.3 Å². The third-order valence-electron chi connectivity index (χ3n) is 5.34. The Labute approximate surface area is 175 Å². The fourth-order valence-corrected chi connectivity index (χ4v) is 4.70. The lowest BCUT2D eigenvalue weighted by molar-refractivity contribution is 0.102. The molecule has 0 aliphatic heterocycles. The predicted molar refractivity (Wildman–Crippen MR) is 120 cm³/mol. The van der Waals surface area contributed by atoms with Crippen LogP contribution in [-0.4, -0.2) is 27.1 Å². The number of anilines is 1. The number of amides is 1. The maximum absolute atomic E-state index is 13.0. The minimum absolute atomic E-state index is 0.134. The molecule has 3 heterocycles. The van der Waals surface area contributed by atoms with E-state index in [4.69, 9.17) is 4.74 Å². The number of hydrogen-bond donors (Lipinski definition) is 1. The molecular weight excluding hydrogens is 400 g/mol. The van der Waals surface area contributed by atoms with Crippen LogP contribution in [0.2, 0.25) is 0 Å². The van der Waals surface area contributed by atoms with Crippen LogP contribution in [0.25, 0.3) is 32.0 Å². The van der Waals surface area contributed by atoms with E-state index < -0.39 is 0 Å². The molecule has 150 valence electrons. The van der Waals surface area contributed by atoms with Crippen molar-refractivity contribution in [2.45, 2.75) is 0 Å². The summed E-state index contributed by atoms with van der Waals surface area (Å²) >= 11 is 1.37. The van der Waals surface area contributed by atoms with Crippen LogP contribution in [-0.2, 0) is 14.1 Å². The number of para-hydroxylation sites is 1. The van der Waals surface area contributed by atoms with Crippen molar-refractivity contribution in [3.05, 3.63) is 64.6 Å². The van der Waals surface area contributed by atoms with E-state index in [0.29, 0.717) is 16.2 Å². The smallest absolute Gasteiger partial charge is 0.274 e. The molecule has 0 atom stereocenters. The maximum Gasteiger partial charge on any atom is 0.274 e. The summed E-state index contributed by atoms with van der Waals surface area (Å²) in [7, 11) is 5.15. The van der Waals surface area contributed by atoms with Gasteiger partial charge in [-0.3, -0.25) is 14.9 Å². The number of ether oxygens (including phenoxy) is 1. The van der Waals surface area contributed by atoms with Crippen LogP contribution in [0.4, 0.5) is 5.13 Å². The van der Waals surface area contributed by atoms with Gasteiger partial charge in [0.25, 0.3) is 11.5 Å². The quantitative estimate of drug-likeness (QED) is 0.482. The Bertz CT molecular complexity index is 1530. The number of aromatic nitrogens is 3. The van der Waals surface area contributed by atoms with Crippen molar-refractivity contribution in [2.75, 3.05) is 12.4 Å². The van der Waals surface area contributed by atoms with E-state index in [-0.39, 0.29) is 11.5 Å². The van der Waals surface area contributed by atoms with Gasteiger partial charge in [0.2, 0.25) is 0 Å². The number of pyridine rings is 1. The number of aryl methyl sites for hydroxylation is 2. The zero-order chi connectivity index (χ0) is 21.0. The van der Waals surface area contributed by atoms with E-state index >= 15 is 0 Å². The summed E-state index contributed by atoms with van der Waals surface area (Å²) in [5, 5.41) is 4.79. The first-order valence-electron chi connectivity index (χ1n) is 9.31. The Balaban J connectivity index is 1.60. The summed E-state index contributed by atoms with van der Waals surface area (Å²) < 4.78 is 9.54. The normalized spacial score (nSPS) is 11.4. The van der Waals surface area contributed by atoms with Gasteiger partial charge in [0.05, 0.1) is 33.7 Å². The second-order valence-corrected chi connectivity index (χ2v) is 8.07. The number of thiazole rings is 1. The van der Waals surface area contributed by atoms with Gasteiger partial charge in [-0.15, -0.1) is 0 Å². The van der Waals surface area contributed by atoms with Gasteiger partial charge in [0.1, 0.15) is 11.4 Å². The zero-order valence-corrected chi connectivity index (χ0v) is 17.4. The Morgan fingerprint density at radius 1 is 1.07 bits per heavy atom. The molecule has 2 aromatic carbocycles. The second-order valence-electron chi connectivity index (χ2n) is 7.04. The number of fused-ring (bicyclic) bond motifs is 4. The molecule has 5 aromatic rings. The lowest BCUT2D eigenvalue weighted by atomic mass is 10.1. The fraction of sp³-hybridized carbons (Fsp3) is 0.136. The van der Waals surface area contributed by atoms with Crippen molar-refractivity contribution in [3.63, 3.8) is 0 Å². The minimum Gasteiger partial charge on any atom is -0.497 e. The van der Waals surface area contributed by atoms with Crippen molar-refractivity contribution in [3.8, 4) is 5.75 Å². The number of carbonyl (C=O) groups excluding carboxylic acids is 1. The highest BCUT2D eigenvalue weighted by atomic mass is 32.1. The molecule has 0 aliphatic rings.